The predicted octanol–water partition coefficient (Wildman–Crippen LogP) is 10.9. The van der Waals surface area contributed by atoms with Crippen molar-refractivity contribution in [2.45, 2.75) is 152 Å². The number of unbranched alkanes of at least 4 members (excludes halogenated alkanes) is 1. The van der Waals surface area contributed by atoms with Crippen LogP contribution in [0, 0.1) is 47.3 Å². The van der Waals surface area contributed by atoms with E-state index in [1.165, 1.54) is 96.3 Å². The minimum absolute atomic E-state index is 0.923. The molecule has 1 fully saturated rings. The Labute approximate surface area is 199 Å². The van der Waals surface area contributed by atoms with Gasteiger partial charge in [-0.15, -0.1) is 0 Å². The minimum atomic E-state index is 0.923. The molecule has 0 nitrogen and oxygen atoms in total. The summed E-state index contributed by atoms with van der Waals surface area (Å²) in [5.74, 6) is 7.62. The molecule has 0 heterocycles. The van der Waals surface area contributed by atoms with Crippen LogP contribution in [-0.4, -0.2) is 0 Å². The summed E-state index contributed by atoms with van der Waals surface area (Å²) in [6.45, 7) is 19.9. The van der Waals surface area contributed by atoms with E-state index >= 15 is 0 Å². The summed E-state index contributed by atoms with van der Waals surface area (Å²) >= 11 is 0. The molecule has 1 saturated carbocycles. The molecule has 0 radical (unpaired) electrons. The first-order chi connectivity index (χ1) is 15.0. The Morgan fingerprint density at radius 3 is 1.26 bits per heavy atom. The highest BCUT2D eigenvalue weighted by molar-refractivity contribution is 4.88. The van der Waals surface area contributed by atoms with E-state index in [0.717, 1.165) is 47.3 Å². The molecule has 3 unspecified atom stereocenters. The van der Waals surface area contributed by atoms with Gasteiger partial charge in [0.1, 0.15) is 0 Å². The van der Waals surface area contributed by atoms with Gasteiger partial charge in [-0.25, -0.2) is 0 Å². The summed E-state index contributed by atoms with van der Waals surface area (Å²) in [4.78, 5) is 0. The van der Waals surface area contributed by atoms with Crippen molar-refractivity contribution in [3.8, 4) is 0 Å². The van der Waals surface area contributed by atoms with Gasteiger partial charge in [0.15, 0.2) is 0 Å². The van der Waals surface area contributed by atoms with Crippen LogP contribution in [0.1, 0.15) is 152 Å². The van der Waals surface area contributed by atoms with Gasteiger partial charge in [-0.2, -0.15) is 0 Å². The largest absolute Gasteiger partial charge is 0.0651 e. The molecular weight excluding hydrogens is 372 g/mol. The smallest absolute Gasteiger partial charge is 0.0324 e. The Balaban J connectivity index is 2.92. The van der Waals surface area contributed by atoms with Crippen molar-refractivity contribution in [3.05, 3.63) is 0 Å². The van der Waals surface area contributed by atoms with Crippen molar-refractivity contribution in [1.29, 1.82) is 0 Å². The molecule has 31 heavy (non-hydrogen) atoms. The molecule has 0 spiro atoms. The topological polar surface area (TPSA) is 0 Å². The molecular formula is C31H62. The second-order valence-electron chi connectivity index (χ2n) is 11.4. The fourth-order valence-corrected chi connectivity index (χ4v) is 7.83. The summed E-state index contributed by atoms with van der Waals surface area (Å²) in [6, 6.07) is 0. The predicted molar refractivity (Wildman–Crippen MR) is 143 cm³/mol. The Bertz CT molecular complexity index is 382. The van der Waals surface area contributed by atoms with Gasteiger partial charge in [0, 0.05) is 0 Å². The van der Waals surface area contributed by atoms with Crippen LogP contribution in [0.3, 0.4) is 0 Å². The molecule has 0 aliphatic heterocycles. The van der Waals surface area contributed by atoms with E-state index < -0.39 is 0 Å². The molecule has 0 bridgehead atoms. The highest BCUT2D eigenvalue weighted by atomic mass is 14.4. The van der Waals surface area contributed by atoms with Crippen LogP contribution in [0.4, 0.5) is 0 Å². The molecule has 186 valence electrons. The van der Waals surface area contributed by atoms with E-state index in [1.807, 2.05) is 0 Å². The standard InChI is InChI=1S/C31H62/c1-9-25(10-2)30(26(11-3)12-4)31(27(13-5)14-6)28(15-7)21-17-16-20-24(8)29-22-18-19-23-29/h24-31H,9-23H2,1-8H3. The molecule has 1 aliphatic carbocycles. The van der Waals surface area contributed by atoms with E-state index in [9.17, 15) is 0 Å². The first-order valence-electron chi connectivity index (χ1n) is 15.0. The third-order valence-electron chi connectivity index (χ3n) is 9.98. The molecule has 0 heteroatoms. The maximum Gasteiger partial charge on any atom is -0.0324 e. The van der Waals surface area contributed by atoms with Crippen LogP contribution in [0.5, 0.6) is 0 Å². The quantitative estimate of drug-likeness (QED) is 0.188. The number of rotatable bonds is 18. The molecule has 0 amide bonds. The Morgan fingerprint density at radius 1 is 0.516 bits per heavy atom. The third-order valence-corrected chi connectivity index (χ3v) is 9.98. The van der Waals surface area contributed by atoms with Gasteiger partial charge in [-0.1, -0.05) is 152 Å². The lowest BCUT2D eigenvalue weighted by molar-refractivity contribution is 0.0329. The number of hydrogen-bond donors (Lipinski definition) is 0. The van der Waals surface area contributed by atoms with E-state index in [4.69, 9.17) is 0 Å². The second-order valence-corrected chi connectivity index (χ2v) is 11.4. The van der Waals surface area contributed by atoms with Gasteiger partial charge < -0.3 is 0 Å². The van der Waals surface area contributed by atoms with Gasteiger partial charge in [0.2, 0.25) is 0 Å². The van der Waals surface area contributed by atoms with E-state index in [0.29, 0.717) is 0 Å². The van der Waals surface area contributed by atoms with Crippen LogP contribution in [0.15, 0.2) is 0 Å². The van der Waals surface area contributed by atoms with Gasteiger partial charge in [-0.05, 0) is 47.3 Å². The average molecular weight is 435 g/mol. The van der Waals surface area contributed by atoms with E-state index in [-0.39, 0.29) is 0 Å². The zero-order valence-electron chi connectivity index (χ0n) is 23.2. The van der Waals surface area contributed by atoms with Gasteiger partial charge in [-0.3, -0.25) is 0 Å². The lowest BCUT2D eigenvalue weighted by Gasteiger charge is -2.46. The normalized spacial score (nSPS) is 18.6. The van der Waals surface area contributed by atoms with Crippen LogP contribution < -0.4 is 0 Å². The molecule has 1 aliphatic rings. The first-order valence-corrected chi connectivity index (χ1v) is 15.0. The van der Waals surface area contributed by atoms with Crippen molar-refractivity contribution in [3.63, 3.8) is 0 Å². The first kappa shape index (κ1) is 29.0. The SMILES string of the molecule is CCC(CC)C(C(CC)CC)C(C(CC)CC)C(CC)CCCCC(C)C1CCCC1. The summed E-state index contributed by atoms with van der Waals surface area (Å²) in [6.07, 6.45) is 21.6. The van der Waals surface area contributed by atoms with E-state index in [2.05, 4.69) is 55.4 Å². The van der Waals surface area contributed by atoms with Crippen LogP contribution >= 0.6 is 0 Å². The molecule has 0 aromatic carbocycles. The fourth-order valence-electron chi connectivity index (χ4n) is 7.83. The van der Waals surface area contributed by atoms with Crippen LogP contribution in [0.25, 0.3) is 0 Å². The number of hydrogen-bond acceptors (Lipinski definition) is 0. The van der Waals surface area contributed by atoms with Gasteiger partial charge in [0.25, 0.3) is 0 Å². The Hall–Kier alpha value is 0. The Morgan fingerprint density at radius 2 is 0.871 bits per heavy atom. The highest BCUT2D eigenvalue weighted by Crippen LogP contribution is 2.47. The lowest BCUT2D eigenvalue weighted by atomic mass is 9.60. The molecule has 0 saturated heterocycles. The van der Waals surface area contributed by atoms with Crippen molar-refractivity contribution in [1.82, 2.24) is 0 Å². The van der Waals surface area contributed by atoms with E-state index in [1.54, 1.807) is 0 Å². The summed E-state index contributed by atoms with van der Waals surface area (Å²) in [7, 11) is 0. The molecule has 0 N–H and O–H groups in total. The van der Waals surface area contributed by atoms with Gasteiger partial charge in [0.05, 0.1) is 0 Å². The zero-order valence-corrected chi connectivity index (χ0v) is 23.2. The van der Waals surface area contributed by atoms with Crippen molar-refractivity contribution in [2.24, 2.45) is 47.3 Å². The minimum Gasteiger partial charge on any atom is -0.0651 e. The average Bonchev–Trinajstić information content (AvgIpc) is 3.34. The van der Waals surface area contributed by atoms with Gasteiger partial charge >= 0.3 is 0 Å². The zero-order chi connectivity index (χ0) is 23.2. The molecule has 3 atom stereocenters. The lowest BCUT2D eigenvalue weighted by Crippen LogP contribution is -2.38. The third kappa shape index (κ3) is 8.70. The fraction of sp³-hybridized carbons (Fsp3) is 1.00. The maximum absolute atomic E-state index is 2.55. The van der Waals surface area contributed by atoms with Crippen LogP contribution in [0.2, 0.25) is 0 Å². The second kappa shape index (κ2) is 16.6. The monoisotopic (exact) mass is 434 g/mol. The Kier molecular flexibility index (Phi) is 15.5. The van der Waals surface area contributed by atoms with Crippen molar-refractivity contribution in [2.75, 3.05) is 0 Å². The highest BCUT2D eigenvalue weighted by Gasteiger charge is 2.39. The summed E-state index contributed by atoms with van der Waals surface area (Å²) in [5.41, 5.74) is 0. The summed E-state index contributed by atoms with van der Waals surface area (Å²) < 4.78 is 0. The van der Waals surface area contributed by atoms with Crippen LogP contribution in [-0.2, 0) is 0 Å². The van der Waals surface area contributed by atoms with Crippen molar-refractivity contribution < 1.29 is 0 Å². The molecule has 0 aromatic heterocycles. The summed E-state index contributed by atoms with van der Waals surface area (Å²) in [5, 5.41) is 0. The van der Waals surface area contributed by atoms with Crippen molar-refractivity contribution >= 4 is 0 Å². The maximum atomic E-state index is 2.55. The molecule has 1 rings (SSSR count). The molecule has 0 aromatic rings.